The van der Waals surface area contributed by atoms with Crippen LogP contribution in [0.25, 0.3) is 0 Å². The minimum Gasteiger partial charge on any atom is -0.373 e. The van der Waals surface area contributed by atoms with E-state index in [0.717, 1.165) is 11.3 Å². The minimum absolute atomic E-state index is 0.169. The number of carbonyl (C=O) groups is 2. The van der Waals surface area contributed by atoms with Crippen molar-refractivity contribution in [2.24, 2.45) is 0 Å². The van der Waals surface area contributed by atoms with E-state index in [1.54, 1.807) is 12.1 Å². The number of imide groups is 1. The van der Waals surface area contributed by atoms with Crippen molar-refractivity contribution in [3.63, 3.8) is 0 Å². The van der Waals surface area contributed by atoms with Crippen molar-refractivity contribution in [3.05, 3.63) is 60.2 Å². The fourth-order valence-electron chi connectivity index (χ4n) is 2.45. The van der Waals surface area contributed by atoms with E-state index < -0.39 is 6.04 Å². The Bertz CT molecular complexity index is 665. The van der Waals surface area contributed by atoms with Gasteiger partial charge >= 0.3 is 0 Å². The van der Waals surface area contributed by atoms with Gasteiger partial charge in [0.1, 0.15) is 6.04 Å². The van der Waals surface area contributed by atoms with Crippen LogP contribution < -0.4 is 10.2 Å². The number of nitrogens with one attached hydrogen (secondary N) is 1. The van der Waals surface area contributed by atoms with E-state index >= 15 is 0 Å². The predicted octanol–water partition coefficient (Wildman–Crippen LogP) is 2.74. The molecule has 106 valence electrons. The molecule has 0 aliphatic carbocycles. The average molecular weight is 280 g/mol. The number of benzene rings is 2. The van der Waals surface area contributed by atoms with Crippen molar-refractivity contribution < 1.29 is 9.59 Å². The summed E-state index contributed by atoms with van der Waals surface area (Å²) in [5.74, 6) is -0.370. The van der Waals surface area contributed by atoms with Gasteiger partial charge in [-0.3, -0.25) is 9.59 Å². The van der Waals surface area contributed by atoms with Gasteiger partial charge in [-0.1, -0.05) is 35.9 Å². The summed E-state index contributed by atoms with van der Waals surface area (Å²) in [7, 11) is 0. The van der Waals surface area contributed by atoms with Crippen molar-refractivity contribution >= 4 is 23.2 Å². The van der Waals surface area contributed by atoms with Crippen LogP contribution in [0.5, 0.6) is 0 Å². The van der Waals surface area contributed by atoms with Crippen LogP contribution in [-0.2, 0) is 9.59 Å². The molecule has 1 aliphatic rings. The van der Waals surface area contributed by atoms with Crippen LogP contribution in [0.4, 0.5) is 11.4 Å². The highest BCUT2D eigenvalue weighted by molar-refractivity contribution is 6.23. The molecule has 1 fully saturated rings. The Morgan fingerprint density at radius 2 is 1.67 bits per heavy atom. The predicted molar refractivity (Wildman–Crippen MR) is 82.1 cm³/mol. The topological polar surface area (TPSA) is 49.4 Å². The molecular weight excluding hydrogens is 264 g/mol. The smallest absolute Gasteiger partial charge is 0.256 e. The Balaban J connectivity index is 1.80. The molecule has 0 bridgehead atoms. The maximum absolute atomic E-state index is 12.4. The summed E-state index contributed by atoms with van der Waals surface area (Å²) < 4.78 is 0. The van der Waals surface area contributed by atoms with Crippen LogP contribution in [0.3, 0.4) is 0 Å². The Kier molecular flexibility index (Phi) is 3.44. The van der Waals surface area contributed by atoms with E-state index in [2.05, 4.69) is 5.32 Å². The third-order valence-electron chi connectivity index (χ3n) is 3.55. The Hall–Kier alpha value is -2.62. The van der Waals surface area contributed by atoms with Crippen LogP contribution >= 0.6 is 0 Å². The SMILES string of the molecule is Cc1ccc(N2C(=O)C[C@@H](Nc3ccccc3)C2=O)cc1. The van der Waals surface area contributed by atoms with Gasteiger partial charge in [0.05, 0.1) is 12.1 Å². The standard InChI is InChI=1S/C17H16N2O2/c1-12-7-9-14(10-8-12)19-16(20)11-15(17(19)21)18-13-5-3-2-4-6-13/h2-10,15,18H,11H2,1H3/t15-/m1/s1. The van der Waals surface area contributed by atoms with Crippen LogP contribution in [0.1, 0.15) is 12.0 Å². The molecule has 2 aromatic rings. The van der Waals surface area contributed by atoms with Gasteiger partial charge in [-0.25, -0.2) is 4.90 Å². The molecule has 1 N–H and O–H groups in total. The van der Waals surface area contributed by atoms with Gasteiger partial charge in [0.15, 0.2) is 0 Å². The molecule has 0 unspecified atom stereocenters. The van der Waals surface area contributed by atoms with Crippen molar-refractivity contribution in [2.75, 3.05) is 10.2 Å². The second-order valence-corrected chi connectivity index (χ2v) is 5.17. The monoisotopic (exact) mass is 280 g/mol. The summed E-state index contributed by atoms with van der Waals surface area (Å²) >= 11 is 0. The van der Waals surface area contributed by atoms with Gasteiger partial charge in [-0.15, -0.1) is 0 Å². The maximum Gasteiger partial charge on any atom is 0.256 e. The number of hydrogen-bond acceptors (Lipinski definition) is 3. The second-order valence-electron chi connectivity index (χ2n) is 5.17. The third kappa shape index (κ3) is 2.65. The summed E-state index contributed by atoms with van der Waals surface area (Å²) in [4.78, 5) is 25.8. The molecular formula is C17H16N2O2. The minimum atomic E-state index is -0.499. The fraction of sp³-hybridized carbons (Fsp3) is 0.176. The second kappa shape index (κ2) is 5.40. The fourth-order valence-corrected chi connectivity index (χ4v) is 2.45. The molecule has 0 radical (unpaired) electrons. The Labute approximate surface area is 123 Å². The van der Waals surface area contributed by atoms with E-state index in [-0.39, 0.29) is 18.2 Å². The van der Waals surface area contributed by atoms with E-state index in [1.807, 2.05) is 49.4 Å². The lowest BCUT2D eigenvalue weighted by molar-refractivity contribution is -0.121. The highest BCUT2D eigenvalue weighted by atomic mass is 16.2. The maximum atomic E-state index is 12.4. The first-order valence-electron chi connectivity index (χ1n) is 6.90. The molecule has 2 aromatic carbocycles. The number of aryl methyl sites for hydroxylation is 1. The van der Waals surface area contributed by atoms with Crippen LogP contribution in [0, 0.1) is 6.92 Å². The van der Waals surface area contributed by atoms with Gasteiger partial charge < -0.3 is 5.32 Å². The van der Waals surface area contributed by atoms with Crippen molar-refractivity contribution in [1.29, 1.82) is 0 Å². The zero-order valence-corrected chi connectivity index (χ0v) is 11.7. The molecule has 1 saturated heterocycles. The van der Waals surface area contributed by atoms with E-state index in [1.165, 1.54) is 4.90 Å². The van der Waals surface area contributed by atoms with Crippen molar-refractivity contribution in [1.82, 2.24) is 0 Å². The van der Waals surface area contributed by atoms with Gasteiger partial charge in [0, 0.05) is 5.69 Å². The number of rotatable bonds is 3. The van der Waals surface area contributed by atoms with Crippen molar-refractivity contribution in [2.45, 2.75) is 19.4 Å². The molecule has 0 saturated carbocycles. The molecule has 0 spiro atoms. The first-order valence-corrected chi connectivity index (χ1v) is 6.90. The van der Waals surface area contributed by atoms with Crippen LogP contribution in [-0.4, -0.2) is 17.9 Å². The highest BCUT2D eigenvalue weighted by Gasteiger charge is 2.39. The van der Waals surface area contributed by atoms with Gasteiger partial charge in [0.25, 0.3) is 5.91 Å². The number of para-hydroxylation sites is 1. The van der Waals surface area contributed by atoms with Crippen LogP contribution in [0.2, 0.25) is 0 Å². The molecule has 2 amide bonds. The third-order valence-corrected chi connectivity index (χ3v) is 3.55. The summed E-state index contributed by atoms with van der Waals surface area (Å²) in [5.41, 5.74) is 2.57. The Morgan fingerprint density at radius 3 is 2.33 bits per heavy atom. The zero-order chi connectivity index (χ0) is 14.8. The van der Waals surface area contributed by atoms with Gasteiger partial charge in [0.2, 0.25) is 5.91 Å². The number of nitrogens with zero attached hydrogens (tertiary/aromatic N) is 1. The number of amides is 2. The molecule has 4 nitrogen and oxygen atoms in total. The number of carbonyl (C=O) groups excluding carboxylic acids is 2. The number of anilines is 2. The largest absolute Gasteiger partial charge is 0.373 e. The molecule has 4 heteroatoms. The molecule has 3 rings (SSSR count). The summed E-state index contributed by atoms with van der Waals surface area (Å²) in [6, 6.07) is 16.3. The molecule has 21 heavy (non-hydrogen) atoms. The summed E-state index contributed by atoms with van der Waals surface area (Å²) in [5, 5.41) is 3.12. The normalized spacial score (nSPS) is 18.1. The lowest BCUT2D eigenvalue weighted by Gasteiger charge is -2.16. The molecule has 1 heterocycles. The molecule has 1 atom stereocenters. The number of hydrogen-bond donors (Lipinski definition) is 1. The van der Waals surface area contributed by atoms with Crippen molar-refractivity contribution in [3.8, 4) is 0 Å². The van der Waals surface area contributed by atoms with Crippen LogP contribution in [0.15, 0.2) is 54.6 Å². The van der Waals surface area contributed by atoms with Gasteiger partial charge in [-0.05, 0) is 31.2 Å². The lowest BCUT2D eigenvalue weighted by Crippen LogP contribution is -2.34. The summed E-state index contributed by atoms with van der Waals surface area (Å²) in [6.45, 7) is 1.97. The highest BCUT2D eigenvalue weighted by Crippen LogP contribution is 2.25. The van der Waals surface area contributed by atoms with E-state index in [4.69, 9.17) is 0 Å². The first kappa shape index (κ1) is 13.4. The zero-order valence-electron chi connectivity index (χ0n) is 11.7. The lowest BCUT2D eigenvalue weighted by atomic mass is 10.2. The van der Waals surface area contributed by atoms with E-state index in [9.17, 15) is 9.59 Å². The first-order chi connectivity index (χ1) is 10.1. The molecule has 1 aliphatic heterocycles. The summed E-state index contributed by atoms with van der Waals surface area (Å²) in [6.07, 6.45) is 0.182. The molecule has 0 aromatic heterocycles. The quantitative estimate of drug-likeness (QED) is 0.879. The average Bonchev–Trinajstić information content (AvgIpc) is 2.76. The van der Waals surface area contributed by atoms with E-state index in [0.29, 0.717) is 5.69 Å². The Morgan fingerprint density at radius 1 is 1.00 bits per heavy atom. The van der Waals surface area contributed by atoms with Gasteiger partial charge in [-0.2, -0.15) is 0 Å².